The van der Waals surface area contributed by atoms with Gasteiger partial charge in [0.05, 0.1) is 5.69 Å². The number of anilines is 1. The number of aromatic amines is 1. The Hall–Kier alpha value is -1.95. The van der Waals surface area contributed by atoms with E-state index >= 15 is 0 Å². The van der Waals surface area contributed by atoms with Gasteiger partial charge in [-0.15, -0.1) is 0 Å². The predicted octanol–water partition coefficient (Wildman–Crippen LogP) is 0.649. The normalized spacial score (nSPS) is 15.6. The first-order valence-corrected chi connectivity index (χ1v) is 6.04. The van der Waals surface area contributed by atoms with Crippen molar-refractivity contribution in [3.63, 3.8) is 0 Å². The topological polar surface area (TPSA) is 83.7 Å². The summed E-state index contributed by atoms with van der Waals surface area (Å²) in [4.78, 5) is 18.2. The van der Waals surface area contributed by atoms with Crippen LogP contribution in [-0.2, 0) is 19.5 Å². The van der Waals surface area contributed by atoms with Crippen molar-refractivity contribution in [2.45, 2.75) is 26.4 Å². The number of hydrogen-bond donors (Lipinski definition) is 2. The zero-order chi connectivity index (χ0) is 12.5. The summed E-state index contributed by atoms with van der Waals surface area (Å²) in [5.41, 5.74) is 9.00. The van der Waals surface area contributed by atoms with E-state index in [0.717, 1.165) is 43.3 Å². The Balaban J connectivity index is 1.73. The highest BCUT2D eigenvalue weighted by Gasteiger charge is 2.18. The molecule has 0 radical (unpaired) electrons. The van der Waals surface area contributed by atoms with E-state index in [1.165, 1.54) is 5.56 Å². The van der Waals surface area contributed by atoms with Crippen molar-refractivity contribution in [3.8, 4) is 0 Å². The van der Waals surface area contributed by atoms with Gasteiger partial charge in [0.25, 0.3) is 0 Å². The zero-order valence-electron chi connectivity index (χ0n) is 10.3. The van der Waals surface area contributed by atoms with E-state index in [1.807, 2.05) is 19.3 Å². The van der Waals surface area contributed by atoms with Crippen molar-refractivity contribution in [2.75, 3.05) is 12.3 Å². The molecule has 0 atom stereocenters. The first-order chi connectivity index (χ1) is 8.70. The number of fused-ring (bicyclic) bond motifs is 1. The van der Waals surface area contributed by atoms with Crippen molar-refractivity contribution in [1.29, 1.82) is 0 Å². The lowest BCUT2D eigenvalue weighted by Gasteiger charge is -2.27. The molecule has 0 spiro atoms. The lowest BCUT2D eigenvalue weighted by molar-refractivity contribution is 0.240. The van der Waals surface area contributed by atoms with E-state index < -0.39 is 0 Å². The molecule has 94 valence electrons. The summed E-state index contributed by atoms with van der Waals surface area (Å²) >= 11 is 0. The summed E-state index contributed by atoms with van der Waals surface area (Å²) in [6.45, 7) is 4.70. The van der Waals surface area contributed by atoms with Gasteiger partial charge in [-0.2, -0.15) is 0 Å². The highest BCUT2D eigenvalue weighted by molar-refractivity contribution is 5.27. The van der Waals surface area contributed by atoms with Crippen molar-refractivity contribution >= 4 is 5.95 Å². The molecule has 3 rings (SSSR count). The van der Waals surface area contributed by atoms with Gasteiger partial charge in [-0.3, -0.25) is 4.90 Å². The first-order valence-electron chi connectivity index (χ1n) is 6.04. The second kappa shape index (κ2) is 4.38. The number of nitrogen functional groups attached to an aromatic ring is 1. The van der Waals surface area contributed by atoms with Gasteiger partial charge in [-0.05, 0) is 6.92 Å². The highest BCUT2D eigenvalue weighted by atomic mass is 15.2. The molecule has 2 aromatic rings. The average Bonchev–Trinajstić information content (AvgIpc) is 2.75. The van der Waals surface area contributed by atoms with Crippen molar-refractivity contribution in [1.82, 2.24) is 24.8 Å². The molecule has 0 saturated carbocycles. The van der Waals surface area contributed by atoms with Crippen molar-refractivity contribution < 1.29 is 0 Å². The van der Waals surface area contributed by atoms with Gasteiger partial charge < -0.3 is 10.7 Å². The number of H-pyrrole nitrogens is 1. The summed E-state index contributed by atoms with van der Waals surface area (Å²) in [6, 6.07) is 0. The maximum absolute atomic E-state index is 5.59. The highest BCUT2D eigenvalue weighted by Crippen LogP contribution is 2.18. The number of nitrogens with one attached hydrogen (secondary N) is 1. The number of hydrogen-bond acceptors (Lipinski definition) is 5. The number of rotatable bonds is 2. The second-order valence-corrected chi connectivity index (χ2v) is 4.65. The number of aryl methyl sites for hydroxylation is 1. The third-order valence-electron chi connectivity index (χ3n) is 3.18. The quantitative estimate of drug-likeness (QED) is 0.810. The number of nitrogens with two attached hydrogens (primary N) is 1. The molecule has 3 N–H and O–H groups in total. The standard InChI is InChI=1S/C12H16N6/c1-8-14-5-10(16-8)7-18-3-2-11-9(6-18)4-15-12(13)17-11/h4-5H,2-3,6-7H2,1H3,(H,14,16)(H2,13,15,17). The summed E-state index contributed by atoms with van der Waals surface area (Å²) in [5, 5.41) is 0. The summed E-state index contributed by atoms with van der Waals surface area (Å²) in [6.07, 6.45) is 4.65. The van der Waals surface area contributed by atoms with Gasteiger partial charge in [-0.1, -0.05) is 0 Å². The molecular formula is C12H16N6. The maximum atomic E-state index is 5.59. The monoisotopic (exact) mass is 244 g/mol. The minimum atomic E-state index is 0.367. The molecule has 0 amide bonds. The van der Waals surface area contributed by atoms with E-state index in [2.05, 4.69) is 24.8 Å². The van der Waals surface area contributed by atoms with Crippen LogP contribution < -0.4 is 5.73 Å². The van der Waals surface area contributed by atoms with Gasteiger partial charge in [-0.25, -0.2) is 15.0 Å². The largest absolute Gasteiger partial charge is 0.368 e. The van der Waals surface area contributed by atoms with Gasteiger partial charge >= 0.3 is 0 Å². The Kier molecular flexibility index (Phi) is 2.71. The Morgan fingerprint density at radius 3 is 3.06 bits per heavy atom. The molecule has 0 aliphatic carbocycles. The molecule has 3 heterocycles. The molecule has 1 aliphatic heterocycles. The van der Waals surface area contributed by atoms with Gasteiger partial charge in [0, 0.05) is 49.7 Å². The molecule has 1 aliphatic rings. The van der Waals surface area contributed by atoms with Crippen LogP contribution in [0, 0.1) is 6.92 Å². The fourth-order valence-corrected chi connectivity index (χ4v) is 2.32. The molecule has 6 nitrogen and oxygen atoms in total. The Bertz CT molecular complexity index is 561. The number of imidazole rings is 1. The summed E-state index contributed by atoms with van der Waals surface area (Å²) in [5.74, 6) is 1.32. The molecule has 0 bridgehead atoms. The van der Waals surface area contributed by atoms with E-state index in [4.69, 9.17) is 5.73 Å². The van der Waals surface area contributed by atoms with E-state index in [0.29, 0.717) is 5.95 Å². The first kappa shape index (κ1) is 11.2. The fraction of sp³-hybridized carbons (Fsp3) is 0.417. The van der Waals surface area contributed by atoms with Crippen LogP contribution in [0.1, 0.15) is 22.8 Å². The van der Waals surface area contributed by atoms with Crippen molar-refractivity contribution in [2.24, 2.45) is 0 Å². The van der Waals surface area contributed by atoms with Crippen LogP contribution in [0.5, 0.6) is 0 Å². The smallest absolute Gasteiger partial charge is 0.220 e. The predicted molar refractivity (Wildman–Crippen MR) is 67.6 cm³/mol. The fourth-order valence-electron chi connectivity index (χ4n) is 2.32. The third kappa shape index (κ3) is 2.19. The molecule has 6 heteroatoms. The summed E-state index contributed by atoms with van der Waals surface area (Å²) in [7, 11) is 0. The molecular weight excluding hydrogens is 228 g/mol. The Morgan fingerprint density at radius 2 is 2.28 bits per heavy atom. The number of nitrogens with zero attached hydrogens (tertiary/aromatic N) is 4. The molecule has 0 unspecified atom stereocenters. The second-order valence-electron chi connectivity index (χ2n) is 4.65. The lowest BCUT2D eigenvalue weighted by Crippen LogP contribution is -2.31. The molecule has 0 aromatic carbocycles. The Morgan fingerprint density at radius 1 is 1.39 bits per heavy atom. The maximum Gasteiger partial charge on any atom is 0.220 e. The zero-order valence-corrected chi connectivity index (χ0v) is 10.3. The van der Waals surface area contributed by atoms with Gasteiger partial charge in [0.15, 0.2) is 0 Å². The van der Waals surface area contributed by atoms with Crippen LogP contribution >= 0.6 is 0 Å². The third-order valence-corrected chi connectivity index (χ3v) is 3.18. The molecule has 18 heavy (non-hydrogen) atoms. The number of aromatic nitrogens is 4. The van der Waals surface area contributed by atoms with Crippen LogP contribution in [0.2, 0.25) is 0 Å². The van der Waals surface area contributed by atoms with E-state index in [9.17, 15) is 0 Å². The lowest BCUT2D eigenvalue weighted by atomic mass is 10.1. The van der Waals surface area contributed by atoms with Gasteiger partial charge in [0.2, 0.25) is 5.95 Å². The average molecular weight is 244 g/mol. The Labute approximate surface area is 105 Å². The van der Waals surface area contributed by atoms with Crippen LogP contribution in [-0.4, -0.2) is 31.4 Å². The van der Waals surface area contributed by atoms with Crippen molar-refractivity contribution in [3.05, 3.63) is 35.2 Å². The minimum absolute atomic E-state index is 0.367. The SMILES string of the molecule is Cc1ncc(CN2CCc3nc(N)ncc3C2)[nH]1. The van der Waals surface area contributed by atoms with Crippen LogP contribution in [0.25, 0.3) is 0 Å². The molecule has 0 saturated heterocycles. The van der Waals surface area contributed by atoms with E-state index in [1.54, 1.807) is 0 Å². The van der Waals surface area contributed by atoms with Gasteiger partial charge in [0.1, 0.15) is 5.82 Å². The summed E-state index contributed by atoms with van der Waals surface area (Å²) < 4.78 is 0. The van der Waals surface area contributed by atoms with E-state index in [-0.39, 0.29) is 0 Å². The molecule has 0 fully saturated rings. The molecule has 2 aromatic heterocycles. The van der Waals surface area contributed by atoms with Crippen LogP contribution in [0.4, 0.5) is 5.95 Å². The van der Waals surface area contributed by atoms with Crippen LogP contribution in [0.15, 0.2) is 12.4 Å². The van der Waals surface area contributed by atoms with Crippen LogP contribution in [0.3, 0.4) is 0 Å². The minimum Gasteiger partial charge on any atom is -0.368 e.